The molecule has 0 bridgehead atoms. The van der Waals surface area contributed by atoms with Crippen LogP contribution in [0.25, 0.3) is 0 Å². The summed E-state index contributed by atoms with van der Waals surface area (Å²) >= 11 is 0. The summed E-state index contributed by atoms with van der Waals surface area (Å²) in [6.45, 7) is 0.281. The van der Waals surface area contributed by atoms with E-state index in [1.54, 1.807) is 4.68 Å². The summed E-state index contributed by atoms with van der Waals surface area (Å²) in [5.41, 5.74) is 0.733. The Kier molecular flexibility index (Phi) is 4.87. The predicted octanol–water partition coefficient (Wildman–Crippen LogP) is 1.08. The summed E-state index contributed by atoms with van der Waals surface area (Å²) in [4.78, 5) is 26.3. The number of carbonyl (C=O) groups is 1. The van der Waals surface area contributed by atoms with E-state index in [1.807, 2.05) is 30.3 Å². The van der Waals surface area contributed by atoms with Gasteiger partial charge in [-0.3, -0.25) is 24.9 Å². The second-order valence-corrected chi connectivity index (χ2v) is 5.28. The summed E-state index contributed by atoms with van der Waals surface area (Å²) < 4.78 is 7.52. The van der Waals surface area contributed by atoms with Crippen LogP contribution >= 0.6 is 0 Å². The molecule has 3 rings (SSSR count). The van der Waals surface area contributed by atoms with Crippen molar-refractivity contribution in [3.63, 3.8) is 0 Å². The Bertz CT molecular complexity index is 919. The lowest BCUT2D eigenvalue weighted by atomic mass is 10.2. The Labute approximate surface area is 147 Å². The number of amides is 1. The maximum atomic E-state index is 12.1. The molecule has 0 atom stereocenters. The zero-order chi connectivity index (χ0) is 18.5. The third kappa shape index (κ3) is 4.01. The van der Waals surface area contributed by atoms with Crippen molar-refractivity contribution in [1.82, 2.24) is 24.5 Å². The molecule has 3 aromatic rings. The molecule has 11 heteroatoms. The topological polar surface area (TPSA) is 130 Å². The number of hydrogen-bond acceptors (Lipinski definition) is 7. The van der Waals surface area contributed by atoms with Crippen molar-refractivity contribution in [3.05, 3.63) is 58.5 Å². The third-order valence-corrected chi connectivity index (χ3v) is 3.38. The number of anilines is 1. The zero-order valence-corrected chi connectivity index (χ0v) is 13.8. The van der Waals surface area contributed by atoms with Gasteiger partial charge in [-0.15, -0.1) is 10.2 Å². The standard InChI is InChI=1S/C15H15N7O4/c1-26-14-12(22(24)25)8-20(18-14)9-13(23)17-15-16-10-21(19-15)7-11-5-3-2-4-6-11/h2-6,8,10H,7,9H2,1H3,(H,17,19,23). The summed E-state index contributed by atoms with van der Waals surface area (Å²) in [6, 6.07) is 9.68. The highest BCUT2D eigenvalue weighted by atomic mass is 16.6. The first-order chi connectivity index (χ1) is 12.5. The lowest BCUT2D eigenvalue weighted by molar-refractivity contribution is -0.385. The van der Waals surface area contributed by atoms with Crippen molar-refractivity contribution in [2.24, 2.45) is 0 Å². The second kappa shape index (κ2) is 7.42. The second-order valence-electron chi connectivity index (χ2n) is 5.28. The molecule has 0 saturated carbocycles. The molecule has 2 heterocycles. The van der Waals surface area contributed by atoms with Crippen LogP contribution in [0.5, 0.6) is 5.88 Å². The molecule has 1 aromatic carbocycles. The van der Waals surface area contributed by atoms with Crippen molar-refractivity contribution in [3.8, 4) is 5.88 Å². The minimum atomic E-state index is -0.632. The van der Waals surface area contributed by atoms with Crippen LogP contribution in [0.15, 0.2) is 42.9 Å². The van der Waals surface area contributed by atoms with Gasteiger partial charge in [0.25, 0.3) is 0 Å². The SMILES string of the molecule is COc1nn(CC(=O)Nc2ncn(Cc3ccccc3)n2)cc1[N+](=O)[O-]. The van der Waals surface area contributed by atoms with Crippen molar-refractivity contribution < 1.29 is 14.5 Å². The van der Waals surface area contributed by atoms with Crippen LogP contribution < -0.4 is 10.1 Å². The average Bonchev–Trinajstić information content (AvgIpc) is 3.22. The normalized spacial score (nSPS) is 10.5. The molecule has 134 valence electrons. The molecule has 2 aromatic heterocycles. The summed E-state index contributed by atoms with van der Waals surface area (Å²) in [5.74, 6) is -0.491. The molecule has 26 heavy (non-hydrogen) atoms. The summed E-state index contributed by atoms with van der Waals surface area (Å²) in [7, 11) is 1.27. The molecule has 0 aliphatic heterocycles. The molecule has 0 aliphatic carbocycles. The Morgan fingerprint density at radius 1 is 1.27 bits per heavy atom. The molecule has 1 amide bonds. The van der Waals surface area contributed by atoms with Gasteiger partial charge < -0.3 is 4.74 Å². The van der Waals surface area contributed by atoms with Gasteiger partial charge in [0.1, 0.15) is 19.1 Å². The Morgan fingerprint density at radius 2 is 2.04 bits per heavy atom. The Morgan fingerprint density at radius 3 is 2.69 bits per heavy atom. The smallest absolute Gasteiger partial charge is 0.350 e. The first-order valence-corrected chi connectivity index (χ1v) is 7.54. The van der Waals surface area contributed by atoms with Crippen LogP contribution in [0.3, 0.4) is 0 Å². The number of rotatable bonds is 7. The van der Waals surface area contributed by atoms with Gasteiger partial charge >= 0.3 is 11.6 Å². The van der Waals surface area contributed by atoms with Crippen molar-refractivity contribution in [2.45, 2.75) is 13.1 Å². The third-order valence-electron chi connectivity index (χ3n) is 3.38. The lowest BCUT2D eigenvalue weighted by Crippen LogP contribution is -2.20. The quantitative estimate of drug-likeness (QED) is 0.494. The molecule has 11 nitrogen and oxygen atoms in total. The van der Waals surface area contributed by atoms with Gasteiger partial charge in [-0.1, -0.05) is 30.3 Å². The van der Waals surface area contributed by atoms with E-state index in [4.69, 9.17) is 4.74 Å². The van der Waals surface area contributed by atoms with Gasteiger partial charge in [-0.25, -0.2) is 9.67 Å². The highest BCUT2D eigenvalue weighted by molar-refractivity contribution is 5.88. The molecule has 0 radical (unpaired) electrons. The van der Waals surface area contributed by atoms with E-state index in [1.165, 1.54) is 13.4 Å². The van der Waals surface area contributed by atoms with E-state index >= 15 is 0 Å². The molecular formula is C15H15N7O4. The Hall–Kier alpha value is -3.76. The molecule has 0 aliphatic rings. The van der Waals surface area contributed by atoms with E-state index in [-0.39, 0.29) is 24.1 Å². The van der Waals surface area contributed by atoms with Crippen molar-refractivity contribution in [2.75, 3.05) is 12.4 Å². The number of benzene rings is 1. The molecule has 0 unspecified atom stereocenters. The highest BCUT2D eigenvalue weighted by Crippen LogP contribution is 2.23. The van der Waals surface area contributed by atoms with Gasteiger partial charge in [0.2, 0.25) is 11.9 Å². The largest absolute Gasteiger partial charge is 0.475 e. The number of carbonyl (C=O) groups excluding carboxylic acids is 1. The lowest BCUT2D eigenvalue weighted by Gasteiger charge is -2.01. The van der Waals surface area contributed by atoms with Crippen LogP contribution in [-0.4, -0.2) is 42.5 Å². The average molecular weight is 357 g/mol. The number of nitrogens with zero attached hydrogens (tertiary/aromatic N) is 6. The van der Waals surface area contributed by atoms with Crippen LogP contribution in [0.4, 0.5) is 11.6 Å². The van der Waals surface area contributed by atoms with E-state index in [2.05, 4.69) is 20.5 Å². The van der Waals surface area contributed by atoms with Crippen molar-refractivity contribution in [1.29, 1.82) is 0 Å². The molecular weight excluding hydrogens is 342 g/mol. The minimum absolute atomic E-state index is 0.138. The predicted molar refractivity (Wildman–Crippen MR) is 89.6 cm³/mol. The zero-order valence-electron chi connectivity index (χ0n) is 13.8. The first kappa shape index (κ1) is 17.1. The van der Waals surface area contributed by atoms with Crippen LogP contribution in [0.2, 0.25) is 0 Å². The van der Waals surface area contributed by atoms with E-state index in [9.17, 15) is 14.9 Å². The van der Waals surface area contributed by atoms with Crippen LogP contribution in [-0.2, 0) is 17.9 Å². The van der Waals surface area contributed by atoms with Gasteiger partial charge in [0.05, 0.1) is 18.6 Å². The fourth-order valence-corrected chi connectivity index (χ4v) is 2.25. The van der Waals surface area contributed by atoms with Crippen molar-refractivity contribution >= 4 is 17.5 Å². The fraction of sp³-hybridized carbons (Fsp3) is 0.200. The maximum absolute atomic E-state index is 12.1. The van der Waals surface area contributed by atoms with Gasteiger partial charge in [-0.05, 0) is 5.56 Å². The van der Waals surface area contributed by atoms with Gasteiger partial charge in [0.15, 0.2) is 0 Å². The van der Waals surface area contributed by atoms with Gasteiger partial charge in [-0.2, -0.15) is 0 Å². The number of nitro groups is 1. The number of hydrogen-bond donors (Lipinski definition) is 1. The van der Waals surface area contributed by atoms with E-state index < -0.39 is 10.8 Å². The molecule has 0 saturated heterocycles. The minimum Gasteiger partial charge on any atom is -0.475 e. The van der Waals surface area contributed by atoms with Crippen LogP contribution in [0, 0.1) is 10.1 Å². The number of methoxy groups -OCH3 is 1. The molecule has 1 N–H and O–H groups in total. The number of aromatic nitrogens is 5. The van der Waals surface area contributed by atoms with E-state index in [0.29, 0.717) is 6.54 Å². The first-order valence-electron chi connectivity index (χ1n) is 7.54. The van der Waals surface area contributed by atoms with Gasteiger partial charge in [0, 0.05) is 0 Å². The molecule has 0 spiro atoms. The van der Waals surface area contributed by atoms with E-state index in [0.717, 1.165) is 16.4 Å². The fourth-order valence-electron chi connectivity index (χ4n) is 2.25. The van der Waals surface area contributed by atoms with Crippen LogP contribution in [0.1, 0.15) is 5.56 Å². The summed E-state index contributed by atoms with van der Waals surface area (Å²) in [5, 5.41) is 21.4. The maximum Gasteiger partial charge on any atom is 0.350 e. The number of ether oxygens (including phenoxy) is 1. The number of nitrogens with one attached hydrogen (secondary N) is 1. The molecule has 0 fully saturated rings. The summed E-state index contributed by atoms with van der Waals surface area (Å²) in [6.07, 6.45) is 2.63. The monoisotopic (exact) mass is 357 g/mol. The highest BCUT2D eigenvalue weighted by Gasteiger charge is 2.21. The Balaban J connectivity index is 1.61.